The van der Waals surface area contributed by atoms with Crippen LogP contribution in [0.1, 0.15) is 43.5 Å². The number of halogens is 2. The van der Waals surface area contributed by atoms with Crippen molar-refractivity contribution in [3.63, 3.8) is 0 Å². The normalized spacial score (nSPS) is 26.0. The number of nitrogens with zero attached hydrogens (tertiary/aromatic N) is 5. The second-order valence-electron chi connectivity index (χ2n) is 11.1. The maximum atomic E-state index is 12.6. The van der Waals surface area contributed by atoms with Crippen molar-refractivity contribution in [2.45, 2.75) is 69.2 Å². The van der Waals surface area contributed by atoms with Crippen molar-refractivity contribution < 1.29 is 14.2 Å². The van der Waals surface area contributed by atoms with Crippen molar-refractivity contribution in [2.24, 2.45) is 0 Å². The molecule has 2 N–H and O–H groups in total. The number of aryl methyl sites for hydroxylation is 2. The van der Waals surface area contributed by atoms with Gasteiger partial charge in [0, 0.05) is 54.6 Å². The Morgan fingerprint density at radius 3 is 2.67 bits per heavy atom. The minimum atomic E-state index is -0.518. The third-order valence-corrected chi connectivity index (χ3v) is 8.72. The van der Waals surface area contributed by atoms with Crippen LogP contribution in [-0.2, 0) is 12.8 Å². The molecule has 1 aromatic heterocycles. The van der Waals surface area contributed by atoms with Crippen LogP contribution in [0.25, 0.3) is 10.8 Å². The maximum Gasteiger partial charge on any atom is 0.321 e. The number of ether oxygens (including phenoxy) is 1. The molecule has 4 aliphatic rings. The van der Waals surface area contributed by atoms with Gasteiger partial charge in [0.25, 0.3) is 0 Å². The van der Waals surface area contributed by atoms with Crippen LogP contribution in [0.5, 0.6) is 11.8 Å². The Kier molecular flexibility index (Phi) is 7.73. The molecule has 208 valence electrons. The maximum absolute atomic E-state index is 12.6. The number of hydrogen-bond acceptors (Lipinski definition) is 8. The van der Waals surface area contributed by atoms with Gasteiger partial charge in [0.2, 0.25) is 5.95 Å². The van der Waals surface area contributed by atoms with E-state index in [4.69, 9.17) is 21.3 Å². The highest BCUT2D eigenvalue weighted by Gasteiger charge is 2.35. The lowest BCUT2D eigenvalue weighted by Gasteiger charge is -2.32. The summed E-state index contributed by atoms with van der Waals surface area (Å²) in [7, 11) is 1.58. The van der Waals surface area contributed by atoms with Crippen LogP contribution in [0, 0.1) is 0 Å². The zero-order valence-electron chi connectivity index (χ0n) is 22.3. The molecule has 4 aliphatic heterocycles. The van der Waals surface area contributed by atoms with Gasteiger partial charge >= 0.3 is 6.01 Å². The van der Waals surface area contributed by atoms with Crippen molar-refractivity contribution in [1.82, 2.24) is 25.2 Å². The van der Waals surface area contributed by atoms with Crippen LogP contribution in [-0.4, -0.2) is 82.5 Å². The summed E-state index contributed by atoms with van der Waals surface area (Å²) < 4.78 is 18.0. The molecular weight excluding hydrogens is 519 g/mol. The zero-order valence-corrected chi connectivity index (χ0v) is 23.1. The number of alkyl halides is 1. The van der Waals surface area contributed by atoms with Crippen LogP contribution >= 0.6 is 11.6 Å². The summed E-state index contributed by atoms with van der Waals surface area (Å²) in [6, 6.07) is 11.1. The van der Waals surface area contributed by atoms with Gasteiger partial charge in [0.1, 0.15) is 17.7 Å². The first-order valence-electron chi connectivity index (χ1n) is 14.0. The molecule has 4 atom stereocenters. The first kappa shape index (κ1) is 26.5. The van der Waals surface area contributed by atoms with Crippen LogP contribution in [0.15, 0.2) is 30.3 Å². The summed E-state index contributed by atoms with van der Waals surface area (Å²) in [5.74, 6) is 1.57. The number of fused-ring (bicyclic) bond motifs is 4. The number of aromatic nitrogens is 3. The lowest BCUT2D eigenvalue weighted by molar-refractivity contribution is 0.292. The Morgan fingerprint density at radius 1 is 1.08 bits per heavy atom. The molecule has 0 amide bonds. The minimum absolute atomic E-state index is 0.227. The molecule has 2 bridgehead atoms. The summed E-state index contributed by atoms with van der Waals surface area (Å²) in [5, 5.41) is 16.3. The molecule has 3 aromatic rings. The standard InChI is InChI=1S/C22H24ClN5O2.C7H12FN/c1-30-22-26-19(25-21(27-22)28-11-15-6-7-16(12-28)24-15)8-5-14-10-17(29)9-13-3-2-4-18(23)20(13)14;8-6-4-7-2-1-3-9(7)5-6/h2-4,9-10,15-16,24,29H,5-8,11-12H2,1H3;6-7H,1-5H2. The van der Waals surface area contributed by atoms with Crippen molar-refractivity contribution in [1.29, 1.82) is 0 Å². The second-order valence-corrected chi connectivity index (χ2v) is 11.6. The highest BCUT2D eigenvalue weighted by atomic mass is 35.5. The van der Waals surface area contributed by atoms with Gasteiger partial charge in [-0.25, -0.2) is 4.39 Å². The summed E-state index contributed by atoms with van der Waals surface area (Å²) in [5.41, 5.74) is 0.969. The zero-order chi connectivity index (χ0) is 26.9. The molecule has 10 heteroatoms. The molecule has 0 spiro atoms. The molecule has 2 aromatic carbocycles. The number of anilines is 1. The molecule has 4 fully saturated rings. The predicted octanol–water partition coefficient (Wildman–Crippen LogP) is 4.31. The van der Waals surface area contributed by atoms with E-state index in [1.165, 1.54) is 25.7 Å². The molecule has 4 saturated heterocycles. The summed E-state index contributed by atoms with van der Waals surface area (Å²) >= 11 is 6.45. The summed E-state index contributed by atoms with van der Waals surface area (Å²) in [4.78, 5) is 18.2. The van der Waals surface area contributed by atoms with Gasteiger partial charge in [-0.05, 0) is 74.2 Å². The third kappa shape index (κ3) is 5.90. The fraction of sp³-hybridized carbons (Fsp3) is 0.552. The Morgan fingerprint density at radius 2 is 1.90 bits per heavy atom. The highest BCUT2D eigenvalue weighted by Crippen LogP contribution is 2.32. The van der Waals surface area contributed by atoms with Crippen LogP contribution in [0.4, 0.5) is 10.3 Å². The predicted molar refractivity (Wildman–Crippen MR) is 151 cm³/mol. The SMILES string of the molecule is COc1nc(CCc2cc(O)cc3cccc(Cl)c23)nc(N2CC3CCC(C2)N3)n1.FC1CC2CCCN2C1. The molecule has 8 nitrogen and oxygen atoms in total. The smallest absolute Gasteiger partial charge is 0.321 e. The summed E-state index contributed by atoms with van der Waals surface area (Å²) in [6.45, 7) is 3.65. The molecule has 0 saturated carbocycles. The average Bonchev–Trinajstić information content (AvgIpc) is 3.61. The van der Waals surface area contributed by atoms with E-state index in [2.05, 4.69) is 25.1 Å². The number of piperazine rings is 1. The van der Waals surface area contributed by atoms with E-state index >= 15 is 0 Å². The van der Waals surface area contributed by atoms with Gasteiger partial charge in [-0.1, -0.05) is 23.7 Å². The molecule has 4 unspecified atom stereocenters. The lowest BCUT2D eigenvalue weighted by Crippen LogP contribution is -2.51. The minimum Gasteiger partial charge on any atom is -0.508 e. The molecule has 5 heterocycles. The summed E-state index contributed by atoms with van der Waals surface area (Å²) in [6.07, 6.45) is 6.44. The molecule has 0 aliphatic carbocycles. The van der Waals surface area contributed by atoms with Crippen LogP contribution in [0.3, 0.4) is 0 Å². The monoisotopic (exact) mass is 554 g/mol. The Bertz CT molecular complexity index is 1300. The van der Waals surface area contributed by atoms with Crippen molar-refractivity contribution in [2.75, 3.05) is 38.2 Å². The first-order chi connectivity index (χ1) is 18.9. The van der Waals surface area contributed by atoms with Crippen LogP contribution in [0.2, 0.25) is 5.02 Å². The van der Waals surface area contributed by atoms with E-state index in [9.17, 15) is 9.50 Å². The number of hydrogen-bond donors (Lipinski definition) is 2. The van der Waals surface area contributed by atoms with E-state index in [1.807, 2.05) is 18.2 Å². The van der Waals surface area contributed by atoms with Crippen LogP contribution < -0.4 is 15.0 Å². The van der Waals surface area contributed by atoms with E-state index in [1.54, 1.807) is 19.2 Å². The van der Waals surface area contributed by atoms with E-state index < -0.39 is 6.17 Å². The Labute approximate surface area is 233 Å². The second kappa shape index (κ2) is 11.4. The fourth-order valence-electron chi connectivity index (χ4n) is 6.61. The average molecular weight is 555 g/mol. The number of benzene rings is 2. The molecule has 0 radical (unpaired) electrons. The number of phenols is 1. The van der Waals surface area contributed by atoms with Crippen molar-refractivity contribution in [3.05, 3.63) is 46.7 Å². The van der Waals surface area contributed by atoms with Gasteiger partial charge < -0.3 is 20.1 Å². The van der Waals surface area contributed by atoms with Gasteiger partial charge in [0.15, 0.2) is 0 Å². The quantitative estimate of drug-likeness (QED) is 0.482. The number of aromatic hydroxyl groups is 1. The molecule has 7 rings (SSSR count). The van der Waals surface area contributed by atoms with Crippen molar-refractivity contribution in [3.8, 4) is 11.8 Å². The van der Waals surface area contributed by atoms with E-state index in [0.29, 0.717) is 60.3 Å². The van der Waals surface area contributed by atoms with Crippen molar-refractivity contribution >= 4 is 28.3 Å². The Hall–Kier alpha value is -2.75. The lowest BCUT2D eigenvalue weighted by atomic mass is 10.00. The van der Waals surface area contributed by atoms with E-state index in [-0.39, 0.29) is 5.75 Å². The highest BCUT2D eigenvalue weighted by molar-refractivity contribution is 6.35. The first-order valence-corrected chi connectivity index (χ1v) is 14.4. The largest absolute Gasteiger partial charge is 0.508 e. The Balaban J connectivity index is 0.000000258. The number of nitrogens with one attached hydrogen (secondary N) is 1. The number of methoxy groups -OCH3 is 1. The van der Waals surface area contributed by atoms with E-state index in [0.717, 1.165) is 42.4 Å². The van der Waals surface area contributed by atoms with Gasteiger partial charge in [0.05, 0.1) is 7.11 Å². The molecular formula is C29H36ClFN6O2. The number of phenolic OH excluding ortho intramolecular Hbond substituents is 1. The van der Waals surface area contributed by atoms with Gasteiger partial charge in [-0.2, -0.15) is 15.0 Å². The molecule has 39 heavy (non-hydrogen) atoms. The number of rotatable bonds is 5. The van der Waals surface area contributed by atoms with Gasteiger partial charge in [-0.3, -0.25) is 4.90 Å². The third-order valence-electron chi connectivity index (χ3n) is 8.40. The van der Waals surface area contributed by atoms with Gasteiger partial charge in [-0.15, -0.1) is 0 Å². The topological polar surface area (TPSA) is 86.6 Å². The fourth-order valence-corrected chi connectivity index (χ4v) is 6.92.